The van der Waals surface area contributed by atoms with Crippen molar-refractivity contribution in [2.24, 2.45) is 0 Å². The third-order valence-electron chi connectivity index (χ3n) is 2.84. The number of nitrogens with zero attached hydrogens (tertiary/aromatic N) is 2. The molecule has 0 radical (unpaired) electrons. The van der Waals surface area contributed by atoms with Crippen molar-refractivity contribution >= 4 is 5.69 Å². The molecule has 0 unspecified atom stereocenters. The van der Waals surface area contributed by atoms with Gasteiger partial charge >= 0.3 is 0 Å². The second kappa shape index (κ2) is 6.80. The molecule has 0 saturated carbocycles. The summed E-state index contributed by atoms with van der Waals surface area (Å²) in [5.74, 6) is 0.890. The maximum atomic E-state index is 8.54. The van der Waals surface area contributed by atoms with Crippen LogP contribution in [0.5, 0.6) is 5.75 Å². The maximum absolute atomic E-state index is 8.54. The van der Waals surface area contributed by atoms with E-state index in [1.807, 2.05) is 13.1 Å². The minimum Gasteiger partial charge on any atom is -0.495 e. The van der Waals surface area contributed by atoms with Gasteiger partial charge in [0.15, 0.2) is 0 Å². The van der Waals surface area contributed by atoms with E-state index in [9.17, 15) is 0 Å². The fourth-order valence-electron chi connectivity index (χ4n) is 1.77. The number of benzene rings is 1. The predicted octanol–water partition coefficient (Wildman–Crippen LogP) is 3.00. The third kappa shape index (κ3) is 3.67. The molecule has 1 aromatic rings. The highest BCUT2D eigenvalue weighted by molar-refractivity contribution is 5.59. The van der Waals surface area contributed by atoms with Crippen LogP contribution in [0.25, 0.3) is 0 Å². The Bertz CT molecular complexity index is 396. The molecule has 1 rings (SSSR count). The molecule has 0 aromatic heterocycles. The van der Waals surface area contributed by atoms with Crippen LogP contribution in [0.2, 0.25) is 0 Å². The van der Waals surface area contributed by atoms with Crippen molar-refractivity contribution in [2.45, 2.75) is 26.2 Å². The smallest absolute Gasteiger partial charge is 0.142 e. The number of aryl methyl sites for hydroxylation is 1. The number of hydrogen-bond acceptors (Lipinski definition) is 3. The van der Waals surface area contributed by atoms with E-state index < -0.39 is 0 Å². The summed E-state index contributed by atoms with van der Waals surface area (Å²) in [7, 11) is 3.72. The molecular formula is C14H20N2O. The number of unbranched alkanes of at least 4 members (excludes halogenated alkanes) is 1. The summed E-state index contributed by atoms with van der Waals surface area (Å²) in [4.78, 5) is 2.15. The van der Waals surface area contributed by atoms with Gasteiger partial charge in [-0.25, -0.2) is 0 Å². The Morgan fingerprint density at radius 2 is 2.18 bits per heavy atom. The van der Waals surface area contributed by atoms with E-state index in [1.165, 1.54) is 5.56 Å². The minimum absolute atomic E-state index is 0.597. The molecule has 0 N–H and O–H groups in total. The van der Waals surface area contributed by atoms with Crippen LogP contribution < -0.4 is 9.64 Å². The zero-order chi connectivity index (χ0) is 12.7. The zero-order valence-electron chi connectivity index (χ0n) is 10.9. The van der Waals surface area contributed by atoms with Crippen molar-refractivity contribution in [3.05, 3.63) is 23.8 Å². The van der Waals surface area contributed by atoms with Gasteiger partial charge in [-0.3, -0.25) is 0 Å². The summed E-state index contributed by atoms with van der Waals surface area (Å²) in [6, 6.07) is 8.42. The van der Waals surface area contributed by atoms with E-state index in [2.05, 4.69) is 30.0 Å². The first-order valence-corrected chi connectivity index (χ1v) is 5.98. The lowest BCUT2D eigenvalue weighted by atomic mass is 10.1. The summed E-state index contributed by atoms with van der Waals surface area (Å²) < 4.78 is 5.37. The number of ether oxygens (including phenoxy) is 1. The Morgan fingerprint density at radius 1 is 1.41 bits per heavy atom. The minimum atomic E-state index is 0.597. The molecular weight excluding hydrogens is 212 g/mol. The molecule has 1 aromatic carbocycles. The van der Waals surface area contributed by atoms with Crippen LogP contribution >= 0.6 is 0 Å². The highest BCUT2D eigenvalue weighted by Gasteiger charge is 2.08. The molecule has 3 nitrogen and oxygen atoms in total. The Balaban J connectivity index is 2.82. The van der Waals surface area contributed by atoms with Crippen molar-refractivity contribution in [1.82, 2.24) is 0 Å². The van der Waals surface area contributed by atoms with E-state index in [0.29, 0.717) is 6.42 Å². The molecule has 0 heterocycles. The highest BCUT2D eigenvalue weighted by atomic mass is 16.5. The number of hydrogen-bond donors (Lipinski definition) is 0. The Morgan fingerprint density at radius 3 is 2.76 bits per heavy atom. The topological polar surface area (TPSA) is 36.3 Å². The van der Waals surface area contributed by atoms with Crippen LogP contribution in [0.4, 0.5) is 5.69 Å². The molecule has 0 amide bonds. The molecule has 0 aliphatic heterocycles. The van der Waals surface area contributed by atoms with Gasteiger partial charge in [-0.15, -0.1) is 0 Å². The monoisotopic (exact) mass is 232 g/mol. The molecule has 0 spiro atoms. The van der Waals surface area contributed by atoms with Crippen LogP contribution in [0.3, 0.4) is 0 Å². The molecule has 0 fully saturated rings. The van der Waals surface area contributed by atoms with E-state index in [1.54, 1.807) is 7.11 Å². The second-order valence-electron chi connectivity index (χ2n) is 4.04. The largest absolute Gasteiger partial charge is 0.495 e. The molecule has 0 aliphatic rings. The van der Waals surface area contributed by atoms with Gasteiger partial charge < -0.3 is 9.64 Å². The van der Waals surface area contributed by atoms with Gasteiger partial charge in [0.2, 0.25) is 0 Å². The normalized spacial score (nSPS) is 9.76. The Hall–Kier alpha value is -1.69. The highest BCUT2D eigenvalue weighted by Crippen LogP contribution is 2.28. The van der Waals surface area contributed by atoms with Crippen LogP contribution in [0, 0.1) is 11.3 Å². The lowest BCUT2D eigenvalue weighted by molar-refractivity contribution is 0.414. The van der Waals surface area contributed by atoms with Crippen molar-refractivity contribution < 1.29 is 4.74 Å². The first-order chi connectivity index (χ1) is 8.22. The third-order valence-corrected chi connectivity index (χ3v) is 2.84. The maximum Gasteiger partial charge on any atom is 0.142 e. The molecule has 17 heavy (non-hydrogen) atoms. The first kappa shape index (κ1) is 13.4. The molecule has 0 aliphatic carbocycles. The average Bonchev–Trinajstić information content (AvgIpc) is 2.38. The van der Waals surface area contributed by atoms with Crippen molar-refractivity contribution in [1.29, 1.82) is 5.26 Å². The first-order valence-electron chi connectivity index (χ1n) is 5.98. The SMILES string of the molecule is CCc1ccc(OC)c(N(C)CCCC#N)c1. The standard InChI is InChI=1S/C14H20N2O/c1-4-12-7-8-14(17-3)13(11-12)16(2)10-6-5-9-15/h7-8,11H,4-6,10H2,1-3H3. The van der Waals surface area contributed by atoms with Crippen LogP contribution in [-0.2, 0) is 6.42 Å². The van der Waals surface area contributed by atoms with E-state index in [0.717, 1.165) is 30.8 Å². The second-order valence-corrected chi connectivity index (χ2v) is 4.04. The summed E-state index contributed by atoms with van der Waals surface area (Å²) in [5, 5.41) is 8.54. The fraction of sp³-hybridized carbons (Fsp3) is 0.500. The van der Waals surface area contributed by atoms with Crippen molar-refractivity contribution in [3.63, 3.8) is 0 Å². The van der Waals surface area contributed by atoms with Crippen molar-refractivity contribution in [2.75, 3.05) is 25.6 Å². The van der Waals surface area contributed by atoms with E-state index in [-0.39, 0.29) is 0 Å². The quantitative estimate of drug-likeness (QED) is 0.707. The fourth-order valence-corrected chi connectivity index (χ4v) is 1.77. The number of anilines is 1. The van der Waals surface area contributed by atoms with Gasteiger partial charge in [-0.1, -0.05) is 13.0 Å². The van der Waals surface area contributed by atoms with E-state index in [4.69, 9.17) is 10.00 Å². The van der Waals surface area contributed by atoms with Crippen LogP contribution in [0.1, 0.15) is 25.3 Å². The van der Waals surface area contributed by atoms with Gasteiger partial charge in [-0.2, -0.15) is 5.26 Å². The molecule has 0 saturated heterocycles. The molecule has 92 valence electrons. The molecule has 0 atom stereocenters. The zero-order valence-corrected chi connectivity index (χ0v) is 10.9. The summed E-state index contributed by atoms with van der Waals surface area (Å²) in [5.41, 5.74) is 2.40. The van der Waals surface area contributed by atoms with Gasteiger partial charge in [0.1, 0.15) is 5.75 Å². The van der Waals surface area contributed by atoms with Crippen LogP contribution in [0.15, 0.2) is 18.2 Å². The predicted molar refractivity (Wildman–Crippen MR) is 70.5 cm³/mol. The summed E-state index contributed by atoms with van der Waals surface area (Å²) in [6.45, 7) is 3.01. The lowest BCUT2D eigenvalue weighted by Gasteiger charge is -2.22. The van der Waals surface area contributed by atoms with Crippen molar-refractivity contribution in [3.8, 4) is 11.8 Å². The number of rotatable bonds is 6. The summed E-state index contributed by atoms with van der Waals surface area (Å²) in [6.07, 6.45) is 2.50. The number of nitriles is 1. The lowest BCUT2D eigenvalue weighted by Crippen LogP contribution is -2.19. The van der Waals surface area contributed by atoms with E-state index >= 15 is 0 Å². The Kier molecular flexibility index (Phi) is 5.35. The van der Waals surface area contributed by atoms with Gasteiger partial charge in [-0.05, 0) is 30.5 Å². The Labute approximate surface area is 104 Å². The van der Waals surface area contributed by atoms with Gasteiger partial charge in [0.25, 0.3) is 0 Å². The van der Waals surface area contributed by atoms with Crippen LogP contribution in [-0.4, -0.2) is 20.7 Å². The molecule has 0 bridgehead atoms. The summed E-state index contributed by atoms with van der Waals surface area (Å²) >= 11 is 0. The average molecular weight is 232 g/mol. The van der Waals surface area contributed by atoms with Gasteiger partial charge in [0, 0.05) is 20.0 Å². The number of methoxy groups -OCH3 is 1. The van der Waals surface area contributed by atoms with Gasteiger partial charge in [0.05, 0.1) is 18.9 Å². The molecule has 3 heteroatoms.